The molecule has 2 heteroatoms. The number of rotatable bonds is 5. The predicted octanol–water partition coefficient (Wildman–Crippen LogP) is 4.67. The maximum atomic E-state index is 12.3. The maximum absolute atomic E-state index is 12.3. The van der Waals surface area contributed by atoms with Gasteiger partial charge in [0, 0.05) is 0 Å². The van der Waals surface area contributed by atoms with E-state index >= 15 is 0 Å². The molecule has 0 amide bonds. The molecule has 0 aromatic rings. The molecule has 0 saturated heterocycles. The van der Waals surface area contributed by atoms with Crippen molar-refractivity contribution in [2.45, 2.75) is 68.7 Å². The summed E-state index contributed by atoms with van der Waals surface area (Å²) < 4.78 is 5.43. The van der Waals surface area contributed by atoms with Crippen LogP contribution in [0.2, 0.25) is 0 Å². The monoisotopic (exact) mass is 256 g/mol. The highest BCUT2D eigenvalue weighted by molar-refractivity contribution is 5.77. The van der Waals surface area contributed by atoms with Gasteiger partial charge in [-0.05, 0) is 37.0 Å². The molecule has 0 aromatic heterocycles. The zero-order valence-electron chi connectivity index (χ0n) is 13.8. The largest absolute Gasteiger partial charge is 0.465 e. The first-order valence-corrected chi connectivity index (χ1v) is 6.97. The quantitative estimate of drug-likeness (QED) is 0.668. The molecule has 0 atom stereocenters. The van der Waals surface area contributed by atoms with Gasteiger partial charge in [0.15, 0.2) is 0 Å². The molecule has 0 aliphatic carbocycles. The Morgan fingerprint density at radius 3 is 1.78 bits per heavy atom. The zero-order valence-corrected chi connectivity index (χ0v) is 13.8. The van der Waals surface area contributed by atoms with Crippen LogP contribution in [0.25, 0.3) is 0 Å². The van der Waals surface area contributed by atoms with E-state index in [4.69, 9.17) is 4.74 Å². The standard InChI is InChI=1S/C16H32O2/c1-12(2)10-18-13(17)16(8,9)15(6,7)11-14(3,4)5/h12H,10-11H2,1-9H3. The van der Waals surface area contributed by atoms with Crippen LogP contribution in [-0.4, -0.2) is 12.6 Å². The molecule has 0 bridgehead atoms. The second-order valence-electron chi connectivity index (χ2n) is 8.24. The molecule has 0 N–H and O–H groups in total. The third-order valence-corrected chi connectivity index (χ3v) is 3.72. The highest BCUT2D eigenvalue weighted by Gasteiger charge is 2.46. The summed E-state index contributed by atoms with van der Waals surface area (Å²) in [5.41, 5.74) is -0.340. The molecule has 0 radical (unpaired) electrons. The number of hydrogen-bond donors (Lipinski definition) is 0. The summed E-state index contributed by atoms with van der Waals surface area (Å²) in [6.07, 6.45) is 0.990. The highest BCUT2D eigenvalue weighted by Crippen LogP contribution is 2.47. The van der Waals surface area contributed by atoms with Crippen LogP contribution in [0.5, 0.6) is 0 Å². The van der Waals surface area contributed by atoms with Gasteiger partial charge in [0.05, 0.1) is 12.0 Å². The van der Waals surface area contributed by atoms with Crippen LogP contribution in [0.1, 0.15) is 68.7 Å². The van der Waals surface area contributed by atoms with Gasteiger partial charge in [0.25, 0.3) is 0 Å². The van der Waals surface area contributed by atoms with E-state index < -0.39 is 5.41 Å². The van der Waals surface area contributed by atoms with E-state index in [0.717, 1.165) is 6.42 Å². The van der Waals surface area contributed by atoms with E-state index in [9.17, 15) is 4.79 Å². The molecular formula is C16H32O2. The van der Waals surface area contributed by atoms with Crippen LogP contribution in [0.4, 0.5) is 0 Å². The Hall–Kier alpha value is -0.530. The smallest absolute Gasteiger partial charge is 0.312 e. The molecule has 0 heterocycles. The van der Waals surface area contributed by atoms with Crippen LogP contribution >= 0.6 is 0 Å². The normalized spacial score (nSPS) is 13.9. The molecule has 0 aliphatic rings. The second-order valence-corrected chi connectivity index (χ2v) is 8.24. The number of hydrogen-bond acceptors (Lipinski definition) is 2. The van der Waals surface area contributed by atoms with Crippen molar-refractivity contribution in [3.05, 3.63) is 0 Å². The van der Waals surface area contributed by atoms with E-state index in [1.165, 1.54) is 0 Å². The van der Waals surface area contributed by atoms with Crippen LogP contribution in [-0.2, 0) is 9.53 Å². The third-order valence-electron chi connectivity index (χ3n) is 3.72. The first-order chi connectivity index (χ1) is 7.79. The van der Waals surface area contributed by atoms with Crippen molar-refractivity contribution in [2.24, 2.45) is 22.2 Å². The van der Waals surface area contributed by atoms with Crippen molar-refractivity contribution in [1.82, 2.24) is 0 Å². The van der Waals surface area contributed by atoms with Crippen LogP contribution < -0.4 is 0 Å². The van der Waals surface area contributed by atoms with Crippen molar-refractivity contribution in [3.63, 3.8) is 0 Å². The summed E-state index contributed by atoms with van der Waals surface area (Å²) in [6, 6.07) is 0. The molecule has 108 valence electrons. The molecule has 0 unspecified atom stereocenters. The lowest BCUT2D eigenvalue weighted by Gasteiger charge is -2.43. The van der Waals surface area contributed by atoms with Crippen molar-refractivity contribution in [1.29, 1.82) is 0 Å². The summed E-state index contributed by atoms with van der Waals surface area (Å²) in [7, 11) is 0. The topological polar surface area (TPSA) is 26.3 Å². The van der Waals surface area contributed by atoms with Gasteiger partial charge in [0.1, 0.15) is 0 Å². The minimum Gasteiger partial charge on any atom is -0.465 e. The first-order valence-electron chi connectivity index (χ1n) is 6.97. The summed E-state index contributed by atoms with van der Waals surface area (Å²) in [5.74, 6) is 0.306. The molecule has 0 rings (SSSR count). The number of esters is 1. The molecule has 18 heavy (non-hydrogen) atoms. The van der Waals surface area contributed by atoms with Crippen LogP contribution in [0.15, 0.2) is 0 Å². The van der Waals surface area contributed by atoms with E-state index in [1.807, 2.05) is 13.8 Å². The van der Waals surface area contributed by atoms with Crippen LogP contribution in [0, 0.1) is 22.2 Å². The number of carbonyl (C=O) groups is 1. The molecule has 0 saturated carbocycles. The van der Waals surface area contributed by atoms with E-state index in [1.54, 1.807) is 0 Å². The van der Waals surface area contributed by atoms with Gasteiger partial charge in [-0.3, -0.25) is 4.79 Å². The van der Waals surface area contributed by atoms with Gasteiger partial charge in [-0.15, -0.1) is 0 Å². The van der Waals surface area contributed by atoms with E-state index in [-0.39, 0.29) is 16.8 Å². The molecule has 0 aromatic carbocycles. The zero-order chi connectivity index (χ0) is 14.8. The van der Waals surface area contributed by atoms with Gasteiger partial charge in [0.2, 0.25) is 0 Å². The van der Waals surface area contributed by atoms with Crippen molar-refractivity contribution in [3.8, 4) is 0 Å². The third kappa shape index (κ3) is 4.99. The Balaban J connectivity index is 4.83. The average molecular weight is 256 g/mol. The number of ether oxygens (including phenoxy) is 1. The summed E-state index contributed by atoms with van der Waals surface area (Å²) in [6.45, 7) is 19.6. The summed E-state index contributed by atoms with van der Waals surface area (Å²) in [4.78, 5) is 12.3. The second kappa shape index (κ2) is 5.63. The Morgan fingerprint density at radius 2 is 1.44 bits per heavy atom. The summed E-state index contributed by atoms with van der Waals surface area (Å²) >= 11 is 0. The minimum absolute atomic E-state index is 0.0783. The Labute approximate surface area is 113 Å². The van der Waals surface area contributed by atoms with Crippen molar-refractivity contribution in [2.75, 3.05) is 6.61 Å². The fourth-order valence-corrected chi connectivity index (χ4v) is 2.25. The van der Waals surface area contributed by atoms with Gasteiger partial charge in [-0.25, -0.2) is 0 Å². The summed E-state index contributed by atoms with van der Waals surface area (Å²) in [5, 5.41) is 0. The Bertz CT molecular complexity index is 280. The fourth-order valence-electron chi connectivity index (χ4n) is 2.25. The molecule has 0 spiro atoms. The lowest BCUT2D eigenvalue weighted by Crippen LogP contribution is -2.43. The van der Waals surface area contributed by atoms with Gasteiger partial charge in [-0.1, -0.05) is 48.5 Å². The lowest BCUT2D eigenvalue weighted by atomic mass is 9.61. The van der Waals surface area contributed by atoms with Gasteiger partial charge < -0.3 is 4.74 Å². The Kier molecular flexibility index (Phi) is 5.46. The van der Waals surface area contributed by atoms with Crippen molar-refractivity contribution >= 4 is 5.97 Å². The Morgan fingerprint density at radius 1 is 1.00 bits per heavy atom. The molecule has 0 fully saturated rings. The predicted molar refractivity (Wildman–Crippen MR) is 77.4 cm³/mol. The highest BCUT2D eigenvalue weighted by atomic mass is 16.5. The molecular weight excluding hydrogens is 224 g/mol. The minimum atomic E-state index is -0.463. The van der Waals surface area contributed by atoms with Crippen LogP contribution in [0.3, 0.4) is 0 Å². The average Bonchev–Trinajstić information content (AvgIpc) is 2.09. The number of carbonyl (C=O) groups excluding carboxylic acids is 1. The molecule has 0 aliphatic heterocycles. The van der Waals surface area contributed by atoms with Crippen molar-refractivity contribution < 1.29 is 9.53 Å². The van der Waals surface area contributed by atoms with Gasteiger partial charge in [-0.2, -0.15) is 0 Å². The molecule has 2 nitrogen and oxygen atoms in total. The van der Waals surface area contributed by atoms with E-state index in [2.05, 4.69) is 48.5 Å². The lowest BCUT2D eigenvalue weighted by molar-refractivity contribution is -0.163. The van der Waals surface area contributed by atoms with E-state index in [0.29, 0.717) is 12.5 Å². The maximum Gasteiger partial charge on any atom is 0.312 e. The fraction of sp³-hybridized carbons (Fsp3) is 0.938. The van der Waals surface area contributed by atoms with Gasteiger partial charge >= 0.3 is 5.97 Å². The first kappa shape index (κ1) is 17.5. The SMILES string of the molecule is CC(C)COC(=O)C(C)(C)C(C)(C)CC(C)(C)C.